The molecule has 3 aromatic carbocycles. The van der Waals surface area contributed by atoms with E-state index in [0.717, 1.165) is 49.8 Å². The van der Waals surface area contributed by atoms with Crippen LogP contribution in [0.3, 0.4) is 0 Å². The third-order valence-electron chi connectivity index (χ3n) is 7.62. The smallest absolute Gasteiger partial charge is 0.337 e. The molecule has 1 fully saturated rings. The number of fused-ring (bicyclic) bond motifs is 1. The van der Waals surface area contributed by atoms with Crippen LogP contribution in [-0.4, -0.2) is 35.6 Å². The maximum atomic E-state index is 14.7. The first kappa shape index (κ1) is 28.7. The van der Waals surface area contributed by atoms with E-state index in [9.17, 15) is 18.4 Å². The highest BCUT2D eigenvalue weighted by atomic mass is 35.5. The number of anilines is 1. The number of halogens is 3. The third kappa shape index (κ3) is 5.83. The zero-order valence-corrected chi connectivity index (χ0v) is 23.5. The van der Waals surface area contributed by atoms with E-state index in [1.807, 2.05) is 30.3 Å². The second-order valence-corrected chi connectivity index (χ2v) is 10.5. The lowest BCUT2D eigenvalue weighted by atomic mass is 9.83. The normalized spacial score (nSPS) is 15.4. The molecule has 1 aromatic heterocycles. The Labute approximate surface area is 241 Å². The zero-order chi connectivity index (χ0) is 29.1. The van der Waals surface area contributed by atoms with Crippen LogP contribution in [-0.2, 0) is 14.3 Å². The fourth-order valence-electron chi connectivity index (χ4n) is 5.66. The maximum Gasteiger partial charge on any atom is 0.337 e. The van der Waals surface area contributed by atoms with E-state index in [-0.39, 0.29) is 27.5 Å². The topological polar surface area (TPSA) is 82.5 Å². The van der Waals surface area contributed by atoms with Crippen molar-refractivity contribution in [1.29, 1.82) is 0 Å². The molecule has 0 aliphatic heterocycles. The number of hydrogen-bond acceptors (Lipinski definition) is 5. The Kier molecular flexibility index (Phi) is 8.65. The molecule has 1 N–H and O–H groups in total. The molecule has 0 spiro atoms. The van der Waals surface area contributed by atoms with Gasteiger partial charge >= 0.3 is 5.97 Å². The van der Waals surface area contributed by atoms with Gasteiger partial charge in [0.2, 0.25) is 5.91 Å². The molecule has 10 heteroatoms. The lowest BCUT2D eigenvalue weighted by Crippen LogP contribution is -2.35. The van der Waals surface area contributed by atoms with Crippen molar-refractivity contribution >= 4 is 40.2 Å². The molecular formula is C31H30ClF2N3O4. The molecule has 1 aliphatic rings. The van der Waals surface area contributed by atoms with Crippen LogP contribution in [0.25, 0.3) is 11.0 Å². The highest BCUT2D eigenvalue weighted by molar-refractivity contribution is 6.34. The number of amides is 1. The van der Waals surface area contributed by atoms with E-state index in [1.165, 1.54) is 32.4 Å². The minimum atomic E-state index is -1.04. The highest BCUT2D eigenvalue weighted by Gasteiger charge is 2.36. The van der Waals surface area contributed by atoms with Crippen molar-refractivity contribution in [2.24, 2.45) is 5.92 Å². The number of methoxy groups -OCH3 is 2. The summed E-state index contributed by atoms with van der Waals surface area (Å²) in [6.45, 7) is 0. The van der Waals surface area contributed by atoms with Crippen molar-refractivity contribution in [3.63, 3.8) is 0 Å². The first-order valence-electron chi connectivity index (χ1n) is 13.5. The van der Waals surface area contributed by atoms with Crippen molar-refractivity contribution in [3.8, 4) is 0 Å². The number of ether oxygens (including phenoxy) is 2. The average Bonchev–Trinajstić information content (AvgIpc) is 3.32. The van der Waals surface area contributed by atoms with Gasteiger partial charge in [0.15, 0.2) is 11.6 Å². The Bertz CT molecular complexity index is 1570. The summed E-state index contributed by atoms with van der Waals surface area (Å²) in [7, 11) is 2.80. The monoisotopic (exact) mass is 581 g/mol. The van der Waals surface area contributed by atoms with Crippen molar-refractivity contribution in [1.82, 2.24) is 9.55 Å². The van der Waals surface area contributed by atoms with Gasteiger partial charge in [-0.3, -0.25) is 4.79 Å². The minimum absolute atomic E-state index is 0.116. The van der Waals surface area contributed by atoms with Crippen molar-refractivity contribution < 1.29 is 27.8 Å². The molecule has 4 aromatic rings. The first-order valence-corrected chi connectivity index (χ1v) is 13.8. The largest absolute Gasteiger partial charge is 0.465 e. The highest BCUT2D eigenvalue weighted by Crippen LogP contribution is 2.40. The van der Waals surface area contributed by atoms with E-state index < -0.39 is 35.7 Å². The van der Waals surface area contributed by atoms with Crippen molar-refractivity contribution in [3.05, 3.63) is 94.3 Å². The number of hydrogen-bond donors (Lipinski definition) is 1. The molecule has 0 radical (unpaired) electrons. The molecular weight excluding hydrogens is 552 g/mol. The molecule has 1 amide bonds. The number of esters is 1. The summed E-state index contributed by atoms with van der Waals surface area (Å²) in [4.78, 5) is 30.9. The zero-order valence-electron chi connectivity index (χ0n) is 22.7. The SMILES string of the molecule is COC(=O)c1ccc(NC(=O)[C@H](C2CCCCC2)n2c([C@@H](OC)c3ccccc3)nc3cc(F)c(F)cc32)c(Cl)c1. The van der Waals surface area contributed by atoms with E-state index in [0.29, 0.717) is 11.5 Å². The fraction of sp³-hybridized carbons (Fsp3) is 0.323. The van der Waals surface area contributed by atoms with Gasteiger partial charge in [0.05, 0.1) is 34.4 Å². The summed E-state index contributed by atoms with van der Waals surface area (Å²) < 4.78 is 41.4. The van der Waals surface area contributed by atoms with Gasteiger partial charge in [-0.15, -0.1) is 0 Å². The summed E-state index contributed by atoms with van der Waals surface area (Å²) in [5.74, 6) is -2.77. The number of carbonyl (C=O) groups excluding carboxylic acids is 2. The molecule has 0 unspecified atom stereocenters. The standard InChI is InChI=1S/C31H30ClF2N3O4/c1-40-28(19-11-7-4-8-12-19)29-35-25-16-22(33)23(34)17-26(25)37(29)27(18-9-5-3-6-10-18)30(38)36-24-14-13-20(15-21(24)32)31(39)41-2/h4,7-8,11-18,27-28H,3,5-6,9-10H2,1-2H3,(H,36,38)/t27-,28-/m0/s1. The van der Waals surface area contributed by atoms with Gasteiger partial charge in [-0.2, -0.15) is 0 Å². The summed E-state index contributed by atoms with van der Waals surface area (Å²) in [6, 6.07) is 15.1. The van der Waals surface area contributed by atoms with E-state index >= 15 is 0 Å². The maximum absolute atomic E-state index is 14.7. The lowest BCUT2D eigenvalue weighted by Gasteiger charge is -2.33. The molecule has 0 bridgehead atoms. The minimum Gasteiger partial charge on any atom is -0.465 e. The Morgan fingerprint density at radius 3 is 2.37 bits per heavy atom. The van der Waals surface area contributed by atoms with Crippen molar-refractivity contribution in [2.45, 2.75) is 44.2 Å². The number of rotatable bonds is 8. The summed E-state index contributed by atoms with van der Waals surface area (Å²) in [5, 5.41) is 3.07. The number of nitrogens with one attached hydrogen (secondary N) is 1. The Hall–Kier alpha value is -3.82. The number of benzene rings is 3. The first-order chi connectivity index (χ1) is 19.8. The van der Waals surface area contributed by atoms with Gasteiger partial charge in [-0.25, -0.2) is 18.6 Å². The molecule has 1 aliphatic carbocycles. The van der Waals surface area contributed by atoms with Gasteiger partial charge < -0.3 is 19.4 Å². The average molecular weight is 582 g/mol. The van der Waals surface area contributed by atoms with Crippen LogP contribution in [0.2, 0.25) is 5.02 Å². The Balaban J connectivity index is 1.66. The molecule has 1 heterocycles. The van der Waals surface area contributed by atoms with Crippen molar-refractivity contribution in [2.75, 3.05) is 19.5 Å². The van der Waals surface area contributed by atoms with Gasteiger partial charge in [-0.1, -0.05) is 61.2 Å². The number of nitrogens with zero attached hydrogens (tertiary/aromatic N) is 2. The van der Waals surface area contributed by atoms with Crippen LogP contribution in [0.15, 0.2) is 60.7 Å². The van der Waals surface area contributed by atoms with Gasteiger partial charge in [-0.05, 0) is 42.5 Å². The molecule has 7 nitrogen and oxygen atoms in total. The quantitative estimate of drug-likeness (QED) is 0.222. The molecule has 41 heavy (non-hydrogen) atoms. The van der Waals surface area contributed by atoms with Crippen LogP contribution in [0, 0.1) is 17.6 Å². The summed E-state index contributed by atoms with van der Waals surface area (Å²) >= 11 is 6.45. The third-order valence-corrected chi connectivity index (χ3v) is 7.94. The van der Waals surface area contributed by atoms with Gasteiger partial charge in [0.25, 0.3) is 0 Å². The molecule has 2 atom stereocenters. The molecule has 214 valence electrons. The van der Waals surface area contributed by atoms with E-state index in [1.54, 1.807) is 4.57 Å². The Morgan fingerprint density at radius 1 is 1.00 bits per heavy atom. The second kappa shape index (κ2) is 12.4. The summed E-state index contributed by atoms with van der Waals surface area (Å²) in [5.41, 5.74) is 1.82. The van der Waals surface area contributed by atoms with Gasteiger partial charge in [0.1, 0.15) is 18.0 Å². The van der Waals surface area contributed by atoms with Gasteiger partial charge in [0, 0.05) is 19.2 Å². The fourth-order valence-corrected chi connectivity index (χ4v) is 5.89. The Morgan fingerprint density at radius 2 is 1.71 bits per heavy atom. The van der Waals surface area contributed by atoms with Crippen LogP contribution < -0.4 is 5.32 Å². The van der Waals surface area contributed by atoms with Crippen LogP contribution in [0.1, 0.15) is 66.0 Å². The lowest BCUT2D eigenvalue weighted by molar-refractivity contribution is -0.121. The predicted molar refractivity (Wildman–Crippen MR) is 152 cm³/mol. The molecule has 5 rings (SSSR count). The van der Waals surface area contributed by atoms with Crippen LogP contribution in [0.4, 0.5) is 14.5 Å². The molecule has 0 saturated heterocycles. The van der Waals surface area contributed by atoms with Crippen LogP contribution >= 0.6 is 11.6 Å². The number of imidazole rings is 1. The summed E-state index contributed by atoms with van der Waals surface area (Å²) in [6.07, 6.45) is 3.73. The van der Waals surface area contributed by atoms with Crippen LogP contribution in [0.5, 0.6) is 0 Å². The van der Waals surface area contributed by atoms with E-state index in [2.05, 4.69) is 5.32 Å². The predicted octanol–water partition coefficient (Wildman–Crippen LogP) is 7.25. The number of carbonyl (C=O) groups is 2. The number of aromatic nitrogens is 2. The molecule has 1 saturated carbocycles. The van der Waals surface area contributed by atoms with E-state index in [4.69, 9.17) is 26.1 Å². The second-order valence-electron chi connectivity index (χ2n) is 10.1.